The van der Waals surface area contributed by atoms with Gasteiger partial charge in [0.05, 0.1) is 13.2 Å². The Morgan fingerprint density at radius 1 is 1.11 bits per heavy atom. The number of anilines is 4. The number of fused-ring (bicyclic) bond motifs is 1. The van der Waals surface area contributed by atoms with Crippen LogP contribution in [0.3, 0.4) is 0 Å². The summed E-state index contributed by atoms with van der Waals surface area (Å²) in [6.07, 6.45) is 4.40. The molecule has 0 saturated carbocycles. The van der Waals surface area contributed by atoms with Crippen LogP contribution in [-0.2, 0) is 4.74 Å². The van der Waals surface area contributed by atoms with Crippen LogP contribution >= 0.6 is 0 Å². The first-order valence-electron chi connectivity index (χ1n) is 13.2. The Morgan fingerprint density at radius 2 is 1.83 bits per heavy atom. The van der Waals surface area contributed by atoms with E-state index in [4.69, 9.17) is 14.7 Å². The molecule has 4 rings (SSSR count). The summed E-state index contributed by atoms with van der Waals surface area (Å²) in [4.78, 5) is 27.5. The lowest BCUT2D eigenvalue weighted by atomic mass is 9.98. The zero-order valence-corrected chi connectivity index (χ0v) is 21.6. The maximum Gasteiger partial charge on any atom is 0.274 e. The van der Waals surface area contributed by atoms with Gasteiger partial charge in [0.2, 0.25) is 5.95 Å². The second-order valence-corrected chi connectivity index (χ2v) is 9.68. The monoisotopic (exact) mass is 480 g/mol. The predicted molar refractivity (Wildman–Crippen MR) is 143 cm³/mol. The maximum atomic E-state index is 13.4. The molecule has 1 amide bonds. The summed E-state index contributed by atoms with van der Waals surface area (Å²) in [6, 6.07) is 8.31. The van der Waals surface area contributed by atoms with E-state index in [0.29, 0.717) is 36.8 Å². The quantitative estimate of drug-likeness (QED) is 0.501. The third kappa shape index (κ3) is 6.04. The molecule has 0 spiro atoms. The summed E-state index contributed by atoms with van der Waals surface area (Å²) < 4.78 is 5.52. The molecule has 2 N–H and O–H groups in total. The van der Waals surface area contributed by atoms with Crippen molar-refractivity contribution in [3.63, 3.8) is 0 Å². The van der Waals surface area contributed by atoms with Gasteiger partial charge >= 0.3 is 0 Å². The van der Waals surface area contributed by atoms with Crippen LogP contribution < -0.4 is 20.4 Å². The fourth-order valence-corrected chi connectivity index (χ4v) is 4.63. The summed E-state index contributed by atoms with van der Waals surface area (Å²) in [7, 11) is 0. The Bertz CT molecular complexity index is 999. The number of ether oxygens (including phenoxy) is 1. The SMILES string of the molecule is CCCCN(CCCC)c1cc(C(=O)Nc2ccc3c(c2)C(C)C(C)N3)nc(N2CCOCC2)n1. The van der Waals surface area contributed by atoms with E-state index >= 15 is 0 Å². The number of nitrogens with zero attached hydrogens (tertiary/aromatic N) is 4. The molecule has 1 aromatic carbocycles. The van der Waals surface area contributed by atoms with Crippen molar-refractivity contribution in [3.8, 4) is 0 Å². The number of nitrogens with one attached hydrogen (secondary N) is 2. The van der Waals surface area contributed by atoms with Crippen molar-refractivity contribution in [1.29, 1.82) is 0 Å². The average molecular weight is 481 g/mol. The van der Waals surface area contributed by atoms with Gasteiger partial charge in [0.25, 0.3) is 5.91 Å². The number of carbonyl (C=O) groups excluding carboxylic acids is 1. The van der Waals surface area contributed by atoms with Gasteiger partial charge in [-0.2, -0.15) is 4.98 Å². The second-order valence-electron chi connectivity index (χ2n) is 9.68. The minimum absolute atomic E-state index is 0.208. The molecule has 2 aliphatic rings. The summed E-state index contributed by atoms with van der Waals surface area (Å²) in [6.45, 7) is 13.4. The molecular formula is C27H40N6O2. The summed E-state index contributed by atoms with van der Waals surface area (Å²) in [5, 5.41) is 6.59. The number of hydrogen-bond acceptors (Lipinski definition) is 7. The molecule has 1 saturated heterocycles. The first kappa shape index (κ1) is 25.2. The number of benzene rings is 1. The summed E-state index contributed by atoms with van der Waals surface area (Å²) >= 11 is 0. The van der Waals surface area contributed by atoms with Gasteiger partial charge in [-0.05, 0) is 43.5 Å². The Hall–Kier alpha value is -2.87. The number of hydrogen-bond donors (Lipinski definition) is 2. The second kappa shape index (κ2) is 11.7. The lowest BCUT2D eigenvalue weighted by Gasteiger charge is -2.29. The molecule has 3 heterocycles. The van der Waals surface area contributed by atoms with Crippen LogP contribution in [0.25, 0.3) is 0 Å². The Labute approximate surface area is 209 Å². The minimum Gasteiger partial charge on any atom is -0.382 e. The van der Waals surface area contributed by atoms with Crippen LogP contribution in [0.1, 0.15) is 75.3 Å². The standard InChI is InChI=1S/C27H40N6O2/c1-5-7-11-32(12-8-6-2)25-18-24(30-27(31-25)33-13-15-35-16-14-33)26(34)29-21-9-10-23-22(17-21)19(3)20(4)28-23/h9-10,17-20,28H,5-8,11-16H2,1-4H3,(H,29,34). The number of amides is 1. The highest BCUT2D eigenvalue weighted by Crippen LogP contribution is 2.37. The first-order chi connectivity index (χ1) is 17.0. The van der Waals surface area contributed by atoms with Gasteiger partial charge in [-0.3, -0.25) is 4.79 Å². The van der Waals surface area contributed by atoms with Gasteiger partial charge in [-0.15, -0.1) is 0 Å². The van der Waals surface area contributed by atoms with Crippen molar-refractivity contribution in [2.45, 2.75) is 65.3 Å². The highest BCUT2D eigenvalue weighted by atomic mass is 16.5. The highest BCUT2D eigenvalue weighted by Gasteiger charge is 2.26. The van der Waals surface area contributed by atoms with Gasteiger partial charge < -0.3 is 25.2 Å². The van der Waals surface area contributed by atoms with E-state index in [1.807, 2.05) is 18.2 Å². The molecular weight excluding hydrogens is 440 g/mol. The van der Waals surface area contributed by atoms with E-state index in [9.17, 15) is 4.79 Å². The lowest BCUT2D eigenvalue weighted by Crippen LogP contribution is -2.38. The zero-order chi connectivity index (χ0) is 24.8. The van der Waals surface area contributed by atoms with Crippen LogP contribution in [-0.4, -0.2) is 61.3 Å². The molecule has 190 valence electrons. The van der Waals surface area contributed by atoms with Gasteiger partial charge in [0.15, 0.2) is 0 Å². The molecule has 0 radical (unpaired) electrons. The van der Waals surface area contributed by atoms with Crippen molar-refractivity contribution in [3.05, 3.63) is 35.5 Å². The predicted octanol–water partition coefficient (Wildman–Crippen LogP) is 4.89. The van der Waals surface area contributed by atoms with Crippen molar-refractivity contribution in [1.82, 2.24) is 9.97 Å². The van der Waals surface area contributed by atoms with Crippen LogP contribution in [0.4, 0.5) is 23.1 Å². The van der Waals surface area contributed by atoms with Gasteiger partial charge in [0.1, 0.15) is 11.5 Å². The molecule has 8 nitrogen and oxygen atoms in total. The number of morpholine rings is 1. The highest BCUT2D eigenvalue weighted by molar-refractivity contribution is 6.03. The molecule has 2 atom stereocenters. The number of unbranched alkanes of at least 4 members (excludes halogenated alkanes) is 2. The molecule has 2 aliphatic heterocycles. The van der Waals surface area contributed by atoms with Crippen molar-refractivity contribution < 1.29 is 9.53 Å². The summed E-state index contributed by atoms with van der Waals surface area (Å²) in [5.74, 6) is 1.62. The van der Waals surface area contributed by atoms with Gasteiger partial charge in [-0.1, -0.05) is 33.6 Å². The molecule has 1 fully saturated rings. The van der Waals surface area contributed by atoms with E-state index in [2.05, 4.69) is 54.2 Å². The van der Waals surface area contributed by atoms with Gasteiger partial charge in [0, 0.05) is 55.6 Å². The minimum atomic E-state index is -0.208. The third-order valence-corrected chi connectivity index (χ3v) is 7.05. The van der Waals surface area contributed by atoms with Crippen LogP contribution in [0.15, 0.2) is 24.3 Å². The van der Waals surface area contributed by atoms with Crippen molar-refractivity contribution in [2.75, 3.05) is 59.8 Å². The number of carbonyl (C=O) groups is 1. The topological polar surface area (TPSA) is 82.6 Å². The van der Waals surface area contributed by atoms with E-state index in [0.717, 1.165) is 69.1 Å². The summed E-state index contributed by atoms with van der Waals surface area (Å²) in [5.41, 5.74) is 3.57. The maximum absolute atomic E-state index is 13.4. The normalized spacial score (nSPS) is 19.3. The van der Waals surface area contributed by atoms with Gasteiger partial charge in [-0.25, -0.2) is 4.98 Å². The van der Waals surface area contributed by atoms with E-state index < -0.39 is 0 Å². The average Bonchev–Trinajstić information content (AvgIpc) is 3.17. The smallest absolute Gasteiger partial charge is 0.274 e. The Kier molecular flexibility index (Phi) is 8.44. The fraction of sp³-hybridized carbons (Fsp3) is 0.593. The zero-order valence-electron chi connectivity index (χ0n) is 21.6. The molecule has 0 aliphatic carbocycles. The fourth-order valence-electron chi connectivity index (χ4n) is 4.63. The Balaban J connectivity index is 1.62. The third-order valence-electron chi connectivity index (χ3n) is 7.05. The molecule has 35 heavy (non-hydrogen) atoms. The van der Waals surface area contributed by atoms with Crippen LogP contribution in [0, 0.1) is 0 Å². The van der Waals surface area contributed by atoms with Crippen molar-refractivity contribution in [2.24, 2.45) is 0 Å². The van der Waals surface area contributed by atoms with Crippen molar-refractivity contribution >= 4 is 29.0 Å². The van der Waals surface area contributed by atoms with E-state index in [-0.39, 0.29) is 5.91 Å². The number of rotatable bonds is 10. The van der Waals surface area contributed by atoms with E-state index in [1.54, 1.807) is 0 Å². The first-order valence-corrected chi connectivity index (χ1v) is 13.2. The molecule has 2 aromatic rings. The molecule has 0 bridgehead atoms. The lowest BCUT2D eigenvalue weighted by molar-refractivity contribution is 0.102. The largest absolute Gasteiger partial charge is 0.382 e. The molecule has 2 unspecified atom stereocenters. The van der Waals surface area contributed by atoms with E-state index in [1.165, 1.54) is 5.56 Å². The molecule has 8 heteroatoms. The number of aromatic nitrogens is 2. The van der Waals surface area contributed by atoms with Crippen LogP contribution in [0.5, 0.6) is 0 Å². The Morgan fingerprint density at radius 3 is 2.51 bits per heavy atom. The molecule has 1 aromatic heterocycles. The van der Waals surface area contributed by atoms with Crippen LogP contribution in [0.2, 0.25) is 0 Å².